The summed E-state index contributed by atoms with van der Waals surface area (Å²) in [7, 11) is 0. The Morgan fingerprint density at radius 1 is 1.43 bits per heavy atom. The maximum absolute atomic E-state index is 12.8. The monoisotopic (exact) mass is 317 g/mol. The third kappa shape index (κ3) is 3.13. The van der Waals surface area contributed by atoms with E-state index in [0.717, 1.165) is 44.7 Å². The van der Waals surface area contributed by atoms with Crippen molar-refractivity contribution in [2.24, 2.45) is 5.92 Å². The van der Waals surface area contributed by atoms with Gasteiger partial charge >= 0.3 is 0 Å². The Morgan fingerprint density at radius 2 is 2.26 bits per heavy atom. The standard InChI is InChI=1S/C16H23N5O2/c1-4-20-10-17-18-14(20)8-13-6-5-7-21(9-13)16(22)15-11(2)19-23-12(15)3/h10,13H,4-9H2,1-3H3. The van der Waals surface area contributed by atoms with Crippen LogP contribution in [0.3, 0.4) is 0 Å². The lowest BCUT2D eigenvalue weighted by Gasteiger charge is -2.32. The number of hydrogen-bond donors (Lipinski definition) is 0. The summed E-state index contributed by atoms with van der Waals surface area (Å²) in [5.41, 5.74) is 1.28. The van der Waals surface area contributed by atoms with Crippen LogP contribution in [-0.2, 0) is 13.0 Å². The number of amides is 1. The molecule has 0 saturated carbocycles. The second-order valence-corrected chi connectivity index (χ2v) is 6.20. The van der Waals surface area contributed by atoms with Crippen LogP contribution in [0.2, 0.25) is 0 Å². The fourth-order valence-electron chi connectivity index (χ4n) is 3.32. The van der Waals surface area contributed by atoms with Gasteiger partial charge < -0.3 is 14.0 Å². The van der Waals surface area contributed by atoms with E-state index in [1.165, 1.54) is 0 Å². The lowest BCUT2D eigenvalue weighted by atomic mass is 9.94. The molecule has 0 N–H and O–H groups in total. The van der Waals surface area contributed by atoms with Gasteiger partial charge in [-0.25, -0.2) is 0 Å². The van der Waals surface area contributed by atoms with Gasteiger partial charge in [0.1, 0.15) is 23.5 Å². The summed E-state index contributed by atoms with van der Waals surface area (Å²) >= 11 is 0. The van der Waals surface area contributed by atoms with E-state index in [-0.39, 0.29) is 5.91 Å². The molecule has 0 spiro atoms. The van der Waals surface area contributed by atoms with Crippen molar-refractivity contribution in [2.45, 2.75) is 46.6 Å². The zero-order valence-electron chi connectivity index (χ0n) is 13.9. The molecule has 2 aromatic heterocycles. The van der Waals surface area contributed by atoms with Crippen LogP contribution in [0.4, 0.5) is 0 Å². The third-order valence-corrected chi connectivity index (χ3v) is 4.56. The zero-order valence-corrected chi connectivity index (χ0v) is 13.9. The molecular weight excluding hydrogens is 294 g/mol. The highest BCUT2D eigenvalue weighted by molar-refractivity contribution is 5.96. The number of nitrogens with zero attached hydrogens (tertiary/aromatic N) is 5. The van der Waals surface area contributed by atoms with E-state index < -0.39 is 0 Å². The number of piperidine rings is 1. The molecule has 0 aromatic carbocycles. The summed E-state index contributed by atoms with van der Waals surface area (Å²) in [4.78, 5) is 14.7. The van der Waals surface area contributed by atoms with E-state index in [2.05, 4.69) is 26.8 Å². The van der Waals surface area contributed by atoms with Gasteiger partial charge in [0.2, 0.25) is 0 Å². The molecule has 1 unspecified atom stereocenters. The fourth-order valence-corrected chi connectivity index (χ4v) is 3.32. The Labute approximate surface area is 135 Å². The van der Waals surface area contributed by atoms with Gasteiger partial charge in [0.15, 0.2) is 0 Å². The Bertz CT molecular complexity index is 671. The highest BCUT2D eigenvalue weighted by atomic mass is 16.5. The number of rotatable bonds is 4. The molecule has 1 amide bonds. The van der Waals surface area contributed by atoms with Gasteiger partial charge in [0.25, 0.3) is 5.91 Å². The third-order valence-electron chi connectivity index (χ3n) is 4.56. The van der Waals surface area contributed by atoms with E-state index in [0.29, 0.717) is 22.9 Å². The predicted molar refractivity (Wildman–Crippen MR) is 84.0 cm³/mol. The van der Waals surface area contributed by atoms with Gasteiger partial charge in [0.05, 0.1) is 5.69 Å². The Kier molecular flexibility index (Phi) is 4.45. The first-order valence-electron chi connectivity index (χ1n) is 8.19. The van der Waals surface area contributed by atoms with Gasteiger partial charge in [-0.1, -0.05) is 5.16 Å². The van der Waals surface area contributed by atoms with Crippen LogP contribution < -0.4 is 0 Å². The van der Waals surface area contributed by atoms with Crippen LogP contribution >= 0.6 is 0 Å². The Balaban J connectivity index is 1.70. The molecule has 0 bridgehead atoms. The number of carbonyl (C=O) groups is 1. The lowest BCUT2D eigenvalue weighted by Crippen LogP contribution is -2.41. The topological polar surface area (TPSA) is 77.1 Å². The lowest BCUT2D eigenvalue weighted by molar-refractivity contribution is 0.0669. The molecule has 7 nitrogen and oxygen atoms in total. The summed E-state index contributed by atoms with van der Waals surface area (Å²) in [5, 5.41) is 12.1. The first-order valence-corrected chi connectivity index (χ1v) is 8.19. The van der Waals surface area contributed by atoms with E-state index in [4.69, 9.17) is 4.52 Å². The Morgan fingerprint density at radius 3 is 2.96 bits per heavy atom. The molecular formula is C16H23N5O2. The molecule has 3 heterocycles. The van der Waals surface area contributed by atoms with Crippen molar-refractivity contribution < 1.29 is 9.32 Å². The number of likely N-dealkylation sites (tertiary alicyclic amines) is 1. The average Bonchev–Trinajstić information content (AvgIpc) is 3.13. The maximum atomic E-state index is 12.8. The van der Waals surface area contributed by atoms with Crippen molar-refractivity contribution in [2.75, 3.05) is 13.1 Å². The highest BCUT2D eigenvalue weighted by Crippen LogP contribution is 2.23. The molecule has 1 aliphatic rings. The van der Waals surface area contributed by atoms with E-state index in [1.54, 1.807) is 13.3 Å². The van der Waals surface area contributed by atoms with Gasteiger partial charge in [0, 0.05) is 26.1 Å². The smallest absolute Gasteiger partial charge is 0.259 e. The van der Waals surface area contributed by atoms with Crippen LogP contribution in [0.25, 0.3) is 0 Å². The summed E-state index contributed by atoms with van der Waals surface area (Å²) in [6.07, 6.45) is 4.76. The van der Waals surface area contributed by atoms with Gasteiger partial charge in [-0.15, -0.1) is 10.2 Å². The van der Waals surface area contributed by atoms with Crippen LogP contribution in [0, 0.1) is 19.8 Å². The molecule has 2 aromatic rings. The van der Waals surface area contributed by atoms with Crippen LogP contribution in [0.15, 0.2) is 10.9 Å². The largest absolute Gasteiger partial charge is 0.361 e. The van der Waals surface area contributed by atoms with Gasteiger partial charge in [-0.3, -0.25) is 4.79 Å². The molecule has 0 radical (unpaired) electrons. The molecule has 1 fully saturated rings. The SMILES string of the molecule is CCn1cnnc1CC1CCCN(C(=O)c2c(C)noc2C)C1. The average molecular weight is 317 g/mol. The second kappa shape index (κ2) is 6.52. The molecule has 7 heteroatoms. The van der Waals surface area contributed by atoms with Crippen LogP contribution in [0.5, 0.6) is 0 Å². The molecule has 124 valence electrons. The van der Waals surface area contributed by atoms with Crippen molar-refractivity contribution in [1.82, 2.24) is 24.8 Å². The number of aryl methyl sites for hydroxylation is 3. The fraction of sp³-hybridized carbons (Fsp3) is 0.625. The summed E-state index contributed by atoms with van der Waals surface area (Å²) in [6.45, 7) is 8.10. The summed E-state index contributed by atoms with van der Waals surface area (Å²) in [5.74, 6) is 2.05. The summed E-state index contributed by atoms with van der Waals surface area (Å²) < 4.78 is 7.20. The predicted octanol–water partition coefficient (Wildman–Crippen LogP) is 2.00. The zero-order chi connectivity index (χ0) is 16.4. The quantitative estimate of drug-likeness (QED) is 0.862. The normalized spacial score (nSPS) is 18.4. The van der Waals surface area contributed by atoms with Crippen molar-refractivity contribution in [3.05, 3.63) is 29.2 Å². The van der Waals surface area contributed by atoms with E-state index in [1.807, 2.05) is 11.8 Å². The van der Waals surface area contributed by atoms with Crippen LogP contribution in [0.1, 0.15) is 47.4 Å². The van der Waals surface area contributed by atoms with E-state index in [9.17, 15) is 4.79 Å². The van der Waals surface area contributed by atoms with E-state index >= 15 is 0 Å². The van der Waals surface area contributed by atoms with Crippen molar-refractivity contribution in [1.29, 1.82) is 0 Å². The van der Waals surface area contributed by atoms with Gasteiger partial charge in [-0.2, -0.15) is 0 Å². The molecule has 3 rings (SSSR count). The molecule has 23 heavy (non-hydrogen) atoms. The first-order chi connectivity index (χ1) is 11.1. The minimum Gasteiger partial charge on any atom is -0.361 e. The second-order valence-electron chi connectivity index (χ2n) is 6.20. The minimum atomic E-state index is 0.0305. The number of hydrogen-bond acceptors (Lipinski definition) is 5. The molecule has 1 aliphatic heterocycles. The van der Waals surface area contributed by atoms with Gasteiger partial charge in [-0.05, 0) is 39.5 Å². The molecule has 1 atom stereocenters. The number of carbonyl (C=O) groups excluding carboxylic acids is 1. The van der Waals surface area contributed by atoms with Crippen molar-refractivity contribution >= 4 is 5.91 Å². The first kappa shape index (κ1) is 15.7. The number of aromatic nitrogens is 4. The molecule has 0 aliphatic carbocycles. The minimum absolute atomic E-state index is 0.0305. The van der Waals surface area contributed by atoms with Crippen molar-refractivity contribution in [3.8, 4) is 0 Å². The van der Waals surface area contributed by atoms with Crippen LogP contribution in [-0.4, -0.2) is 43.8 Å². The van der Waals surface area contributed by atoms with Crippen molar-refractivity contribution in [3.63, 3.8) is 0 Å². The Hall–Kier alpha value is -2.18. The summed E-state index contributed by atoms with van der Waals surface area (Å²) in [6, 6.07) is 0. The molecule has 1 saturated heterocycles. The highest BCUT2D eigenvalue weighted by Gasteiger charge is 2.29. The maximum Gasteiger partial charge on any atom is 0.259 e.